The van der Waals surface area contributed by atoms with E-state index in [2.05, 4.69) is 25.8 Å². The molecular formula is C25H31NO3. The van der Waals surface area contributed by atoms with Crippen LogP contribution in [0.4, 0.5) is 0 Å². The lowest BCUT2D eigenvalue weighted by atomic mass is 9.72. The standard InChI is InChI=1S/C25H31NO3/c1-17-8-7-14-25(2,3)21(17)12-11-18(24(28)29-4)13-15-26-23-20-10-6-5-9-19(20)16-22(23)27/h5-6,9-13,15,22-23,27H,7-8,14,16H2,1-4H3/b12-11+,18-13+,26-15?/t22-,23+/m1/s1. The number of rotatable bonds is 5. The number of allylic oxidation sites excluding steroid dienone is 4. The van der Waals surface area contributed by atoms with Gasteiger partial charge in [-0.15, -0.1) is 0 Å². The van der Waals surface area contributed by atoms with Crippen molar-refractivity contribution in [2.75, 3.05) is 7.11 Å². The Balaban J connectivity index is 1.83. The third-order valence-electron chi connectivity index (χ3n) is 6.06. The maximum absolute atomic E-state index is 12.2. The number of ether oxygens (including phenoxy) is 1. The van der Waals surface area contributed by atoms with Gasteiger partial charge < -0.3 is 9.84 Å². The van der Waals surface area contributed by atoms with Crippen molar-refractivity contribution in [3.63, 3.8) is 0 Å². The fourth-order valence-corrected chi connectivity index (χ4v) is 4.44. The number of hydrogen-bond acceptors (Lipinski definition) is 4. The maximum atomic E-state index is 12.2. The van der Waals surface area contributed by atoms with Crippen LogP contribution in [0.2, 0.25) is 0 Å². The fourth-order valence-electron chi connectivity index (χ4n) is 4.44. The SMILES string of the molecule is COC(=O)C(/C=C/C1=C(C)CCCC1(C)C)=C/C=N[C@H]1c2ccccc2C[C@H]1O. The molecule has 0 fully saturated rings. The number of carbonyl (C=O) groups is 1. The number of fused-ring (bicyclic) bond motifs is 1. The Hall–Kier alpha value is -2.46. The monoisotopic (exact) mass is 393 g/mol. The number of aliphatic imine (C=N–C) groups is 1. The minimum absolute atomic E-state index is 0.103. The summed E-state index contributed by atoms with van der Waals surface area (Å²) in [5.74, 6) is -0.396. The molecule has 3 rings (SSSR count). The topological polar surface area (TPSA) is 58.9 Å². The molecule has 4 heteroatoms. The van der Waals surface area contributed by atoms with Crippen LogP contribution < -0.4 is 0 Å². The Morgan fingerprint density at radius 1 is 1.31 bits per heavy atom. The predicted octanol–water partition coefficient (Wildman–Crippen LogP) is 4.90. The van der Waals surface area contributed by atoms with Crippen LogP contribution in [0.5, 0.6) is 0 Å². The highest BCUT2D eigenvalue weighted by Gasteiger charge is 2.30. The fraction of sp³-hybridized carbons (Fsp3) is 0.440. The summed E-state index contributed by atoms with van der Waals surface area (Å²) in [6, 6.07) is 7.65. The Labute approximate surface area is 173 Å². The van der Waals surface area contributed by atoms with Crippen LogP contribution in [0.15, 0.2) is 64.2 Å². The van der Waals surface area contributed by atoms with Gasteiger partial charge in [0.15, 0.2) is 0 Å². The smallest absolute Gasteiger partial charge is 0.337 e. The molecule has 1 aromatic rings. The summed E-state index contributed by atoms with van der Waals surface area (Å²) in [7, 11) is 1.38. The molecule has 0 radical (unpaired) electrons. The molecular weight excluding hydrogens is 362 g/mol. The number of esters is 1. The normalized spacial score (nSPS) is 24.4. The largest absolute Gasteiger partial charge is 0.465 e. The molecule has 2 aliphatic carbocycles. The molecule has 2 aliphatic rings. The second kappa shape index (κ2) is 8.91. The average Bonchev–Trinajstić information content (AvgIpc) is 3.00. The second-order valence-electron chi connectivity index (χ2n) is 8.59. The van der Waals surface area contributed by atoms with Crippen molar-refractivity contribution >= 4 is 12.2 Å². The van der Waals surface area contributed by atoms with E-state index in [0.717, 1.165) is 24.0 Å². The molecule has 4 nitrogen and oxygen atoms in total. The zero-order valence-electron chi connectivity index (χ0n) is 17.8. The number of hydrogen-bond donors (Lipinski definition) is 1. The summed E-state index contributed by atoms with van der Waals surface area (Å²) in [6.07, 6.45) is 10.7. The molecule has 29 heavy (non-hydrogen) atoms. The van der Waals surface area contributed by atoms with Crippen LogP contribution in [-0.2, 0) is 16.0 Å². The summed E-state index contributed by atoms with van der Waals surface area (Å²) < 4.78 is 4.95. The minimum Gasteiger partial charge on any atom is -0.465 e. The van der Waals surface area contributed by atoms with Gasteiger partial charge in [0.2, 0.25) is 0 Å². The Morgan fingerprint density at radius 2 is 2.07 bits per heavy atom. The van der Waals surface area contributed by atoms with Gasteiger partial charge in [-0.25, -0.2) is 4.79 Å². The molecule has 0 heterocycles. The van der Waals surface area contributed by atoms with Crippen molar-refractivity contribution in [1.29, 1.82) is 0 Å². The third kappa shape index (κ3) is 4.76. The molecule has 154 valence electrons. The van der Waals surface area contributed by atoms with Gasteiger partial charge in [0.1, 0.15) is 6.04 Å². The highest BCUT2D eigenvalue weighted by Crippen LogP contribution is 2.40. The van der Waals surface area contributed by atoms with Crippen LogP contribution in [0.3, 0.4) is 0 Å². The van der Waals surface area contributed by atoms with E-state index in [4.69, 9.17) is 4.74 Å². The van der Waals surface area contributed by atoms with Crippen LogP contribution in [0, 0.1) is 5.41 Å². The summed E-state index contributed by atoms with van der Waals surface area (Å²) in [6.45, 7) is 6.66. The van der Waals surface area contributed by atoms with Crippen molar-refractivity contribution < 1.29 is 14.6 Å². The van der Waals surface area contributed by atoms with Gasteiger partial charge in [-0.05, 0) is 60.5 Å². The molecule has 1 aromatic carbocycles. The molecule has 0 aliphatic heterocycles. The van der Waals surface area contributed by atoms with Gasteiger partial charge >= 0.3 is 5.97 Å². The summed E-state index contributed by atoms with van der Waals surface area (Å²) >= 11 is 0. The summed E-state index contributed by atoms with van der Waals surface area (Å²) in [5.41, 5.74) is 5.38. The predicted molar refractivity (Wildman–Crippen MR) is 117 cm³/mol. The van der Waals surface area contributed by atoms with Crippen molar-refractivity contribution in [2.45, 2.75) is 58.6 Å². The van der Waals surface area contributed by atoms with Gasteiger partial charge in [0.25, 0.3) is 0 Å². The van der Waals surface area contributed by atoms with Crippen molar-refractivity contribution in [3.8, 4) is 0 Å². The van der Waals surface area contributed by atoms with Gasteiger partial charge in [0, 0.05) is 12.6 Å². The molecule has 0 aromatic heterocycles. The van der Waals surface area contributed by atoms with E-state index in [0.29, 0.717) is 12.0 Å². The molecule has 0 saturated heterocycles. The van der Waals surface area contributed by atoms with E-state index in [1.807, 2.05) is 36.4 Å². The third-order valence-corrected chi connectivity index (χ3v) is 6.06. The quantitative estimate of drug-likeness (QED) is 0.335. The molecule has 2 atom stereocenters. The zero-order valence-corrected chi connectivity index (χ0v) is 17.8. The molecule has 0 bridgehead atoms. The van der Waals surface area contributed by atoms with Gasteiger partial charge in [-0.2, -0.15) is 0 Å². The van der Waals surface area contributed by atoms with E-state index in [-0.39, 0.29) is 11.5 Å². The van der Waals surface area contributed by atoms with E-state index >= 15 is 0 Å². The van der Waals surface area contributed by atoms with E-state index in [1.54, 1.807) is 12.3 Å². The van der Waals surface area contributed by atoms with Gasteiger partial charge in [-0.3, -0.25) is 4.99 Å². The number of aliphatic hydroxyl groups is 1. The first-order valence-electron chi connectivity index (χ1n) is 10.3. The number of benzene rings is 1. The number of methoxy groups -OCH3 is 1. The molecule has 1 N–H and O–H groups in total. The highest BCUT2D eigenvalue weighted by molar-refractivity contribution is 5.96. The van der Waals surface area contributed by atoms with Crippen molar-refractivity contribution in [2.24, 2.45) is 10.4 Å². The number of carbonyl (C=O) groups excluding carboxylic acids is 1. The molecule has 0 spiro atoms. The lowest BCUT2D eigenvalue weighted by molar-refractivity contribution is -0.135. The van der Waals surface area contributed by atoms with Gasteiger partial charge in [-0.1, -0.05) is 49.8 Å². The first-order valence-corrected chi connectivity index (χ1v) is 10.3. The van der Waals surface area contributed by atoms with Crippen LogP contribution in [-0.4, -0.2) is 30.5 Å². The Bertz CT molecular complexity index is 889. The molecule has 0 saturated carbocycles. The maximum Gasteiger partial charge on any atom is 0.337 e. The van der Waals surface area contributed by atoms with Crippen LogP contribution >= 0.6 is 0 Å². The Kier molecular flexibility index (Phi) is 6.53. The van der Waals surface area contributed by atoms with E-state index in [9.17, 15) is 9.90 Å². The molecule has 0 unspecified atom stereocenters. The lowest BCUT2D eigenvalue weighted by Crippen LogP contribution is -2.19. The summed E-state index contributed by atoms with van der Waals surface area (Å²) in [5, 5.41) is 10.3. The first kappa shape index (κ1) is 21.3. The zero-order chi connectivity index (χ0) is 21.0. The van der Waals surface area contributed by atoms with Crippen molar-refractivity contribution in [1.82, 2.24) is 0 Å². The average molecular weight is 394 g/mol. The number of aliphatic hydroxyl groups excluding tert-OH is 1. The van der Waals surface area contributed by atoms with E-state index < -0.39 is 12.1 Å². The first-order chi connectivity index (χ1) is 13.8. The second-order valence-corrected chi connectivity index (χ2v) is 8.59. The summed E-state index contributed by atoms with van der Waals surface area (Å²) in [4.78, 5) is 16.8. The van der Waals surface area contributed by atoms with E-state index in [1.165, 1.54) is 24.7 Å². The Morgan fingerprint density at radius 3 is 2.79 bits per heavy atom. The molecule has 0 amide bonds. The lowest BCUT2D eigenvalue weighted by Gasteiger charge is -2.32. The van der Waals surface area contributed by atoms with Gasteiger partial charge in [0.05, 0.1) is 18.8 Å². The highest BCUT2D eigenvalue weighted by atomic mass is 16.5. The van der Waals surface area contributed by atoms with Crippen LogP contribution in [0.25, 0.3) is 0 Å². The van der Waals surface area contributed by atoms with Crippen molar-refractivity contribution in [3.05, 3.63) is 70.3 Å². The minimum atomic E-state index is -0.537. The number of nitrogens with zero attached hydrogens (tertiary/aromatic N) is 1. The van der Waals surface area contributed by atoms with Crippen LogP contribution in [0.1, 0.15) is 57.2 Å².